The first-order chi connectivity index (χ1) is 14.2. The highest BCUT2D eigenvalue weighted by atomic mass is 32.2. The number of nitrogens with one attached hydrogen (secondary N) is 2. The zero-order valence-corrected chi connectivity index (χ0v) is 19.2. The minimum Gasteiger partial charge on any atom is -0.588 e. The first kappa shape index (κ1) is 23.5. The van der Waals surface area contributed by atoms with Crippen LogP contribution in [0.3, 0.4) is 0 Å². The second kappa shape index (κ2) is 10.9. The third-order valence-corrected chi connectivity index (χ3v) is 5.95. The van der Waals surface area contributed by atoms with Crippen LogP contribution in [0.5, 0.6) is 0 Å². The zero-order chi connectivity index (χ0) is 22.3. The lowest BCUT2D eigenvalue weighted by atomic mass is 10.0. The number of aryl methyl sites for hydroxylation is 3. The molecule has 0 saturated carbocycles. The van der Waals surface area contributed by atoms with E-state index < -0.39 is 11.4 Å². The molecule has 0 bridgehead atoms. The summed E-state index contributed by atoms with van der Waals surface area (Å²) in [4.78, 5) is 12.1. The molecule has 2 aromatic rings. The van der Waals surface area contributed by atoms with Gasteiger partial charge >= 0.3 is 0 Å². The molecule has 0 fully saturated rings. The molecule has 2 aromatic carbocycles. The van der Waals surface area contributed by atoms with Crippen LogP contribution in [0.25, 0.3) is 0 Å². The fourth-order valence-corrected chi connectivity index (χ4v) is 4.16. The van der Waals surface area contributed by atoms with Crippen LogP contribution in [0, 0.1) is 20.8 Å². The number of benzene rings is 2. The van der Waals surface area contributed by atoms with E-state index in [4.69, 9.17) is 0 Å². The Morgan fingerprint density at radius 3 is 2.47 bits per heavy atom. The lowest BCUT2D eigenvalue weighted by molar-refractivity contribution is -0.118. The molecule has 0 heterocycles. The Kier molecular flexibility index (Phi) is 8.51. The van der Waals surface area contributed by atoms with E-state index in [-0.39, 0.29) is 5.91 Å². The van der Waals surface area contributed by atoms with Crippen LogP contribution in [-0.2, 0) is 22.6 Å². The molecule has 30 heavy (non-hydrogen) atoms. The molecular weight excluding hydrogens is 392 g/mol. The van der Waals surface area contributed by atoms with E-state index in [0.717, 1.165) is 38.4 Å². The topological polar surface area (TPSA) is 64.2 Å². The maximum absolute atomic E-state index is 12.9. The van der Waals surface area contributed by atoms with Crippen molar-refractivity contribution in [1.82, 2.24) is 5.32 Å². The lowest BCUT2D eigenvalue weighted by Crippen LogP contribution is -2.18. The number of hydrogen-bond acceptors (Lipinski definition) is 3. The summed E-state index contributed by atoms with van der Waals surface area (Å²) >= 11 is -1.34. The van der Waals surface area contributed by atoms with Crippen molar-refractivity contribution < 1.29 is 9.35 Å². The molecule has 0 aliphatic rings. The van der Waals surface area contributed by atoms with Gasteiger partial charge in [-0.1, -0.05) is 36.9 Å². The Balaban J connectivity index is 2.23. The van der Waals surface area contributed by atoms with Crippen molar-refractivity contribution in [3.63, 3.8) is 0 Å². The average Bonchev–Trinajstić information content (AvgIpc) is 2.70. The van der Waals surface area contributed by atoms with E-state index in [1.54, 1.807) is 6.08 Å². The van der Waals surface area contributed by atoms with E-state index in [1.807, 2.05) is 70.2 Å². The molecule has 0 saturated heterocycles. The third kappa shape index (κ3) is 6.65. The van der Waals surface area contributed by atoms with Crippen molar-refractivity contribution >= 4 is 23.0 Å². The highest BCUT2D eigenvalue weighted by Gasteiger charge is 2.16. The minimum absolute atomic E-state index is 0.132. The summed E-state index contributed by atoms with van der Waals surface area (Å²) in [5, 5.41) is 2.77. The highest BCUT2D eigenvalue weighted by Crippen LogP contribution is 2.25. The summed E-state index contributed by atoms with van der Waals surface area (Å²) in [5.74, 6) is -0.132. The lowest BCUT2D eigenvalue weighted by Gasteiger charge is -2.16. The predicted molar refractivity (Wildman–Crippen MR) is 127 cm³/mol. The summed E-state index contributed by atoms with van der Waals surface area (Å²) in [6, 6.07) is 12.1. The van der Waals surface area contributed by atoms with Crippen molar-refractivity contribution in [2.24, 2.45) is 0 Å². The first-order valence-corrected chi connectivity index (χ1v) is 11.0. The van der Waals surface area contributed by atoms with Gasteiger partial charge in [-0.2, -0.15) is 0 Å². The zero-order valence-electron chi connectivity index (χ0n) is 18.3. The van der Waals surface area contributed by atoms with Gasteiger partial charge in [0.15, 0.2) is 4.90 Å². The Bertz CT molecular complexity index is 993. The highest BCUT2D eigenvalue weighted by molar-refractivity contribution is 7.92. The molecule has 158 valence electrons. The Morgan fingerprint density at radius 2 is 1.83 bits per heavy atom. The minimum atomic E-state index is -1.34. The van der Waals surface area contributed by atoms with Gasteiger partial charge in [-0.25, -0.2) is 4.72 Å². The summed E-state index contributed by atoms with van der Waals surface area (Å²) in [5.41, 5.74) is 6.74. The van der Waals surface area contributed by atoms with Gasteiger partial charge in [0.05, 0.1) is 5.69 Å². The maximum atomic E-state index is 12.9. The van der Waals surface area contributed by atoms with Crippen LogP contribution in [0.15, 0.2) is 77.4 Å². The van der Waals surface area contributed by atoms with Gasteiger partial charge in [-0.15, -0.1) is 0 Å². The molecule has 0 radical (unpaired) electrons. The SMILES string of the molecule is C=C/C(=C\C(=C/C)Cc1ccc(C)c(N[S+]([O-])c2cc(C)ccc2C)c1)NC(C)=O. The molecule has 2 rings (SSSR count). The largest absolute Gasteiger partial charge is 0.588 e. The second-order valence-corrected chi connectivity index (χ2v) is 8.50. The van der Waals surface area contributed by atoms with Gasteiger partial charge in [-0.3, -0.25) is 4.79 Å². The van der Waals surface area contributed by atoms with Crippen LogP contribution in [0.1, 0.15) is 36.1 Å². The second-order valence-electron chi connectivity index (χ2n) is 7.31. The van der Waals surface area contributed by atoms with Crippen LogP contribution in [-0.4, -0.2) is 10.5 Å². The molecule has 1 unspecified atom stereocenters. The molecule has 5 heteroatoms. The van der Waals surface area contributed by atoms with E-state index in [2.05, 4.69) is 22.7 Å². The fraction of sp³-hybridized carbons (Fsp3) is 0.240. The van der Waals surface area contributed by atoms with Gasteiger partial charge in [0, 0.05) is 18.2 Å². The van der Waals surface area contributed by atoms with E-state index in [0.29, 0.717) is 12.1 Å². The molecule has 2 N–H and O–H groups in total. The van der Waals surface area contributed by atoms with Crippen molar-refractivity contribution in [2.45, 2.75) is 45.9 Å². The normalized spacial score (nSPS) is 13.0. The Labute approximate surface area is 183 Å². The molecule has 1 atom stereocenters. The van der Waals surface area contributed by atoms with E-state index >= 15 is 0 Å². The van der Waals surface area contributed by atoms with Crippen molar-refractivity contribution in [2.75, 3.05) is 4.72 Å². The monoisotopic (exact) mass is 422 g/mol. The van der Waals surface area contributed by atoms with E-state index in [1.165, 1.54) is 6.92 Å². The predicted octanol–water partition coefficient (Wildman–Crippen LogP) is 5.44. The molecule has 0 aliphatic carbocycles. The van der Waals surface area contributed by atoms with Crippen LogP contribution < -0.4 is 10.0 Å². The van der Waals surface area contributed by atoms with Gasteiger partial charge in [0.1, 0.15) is 11.4 Å². The van der Waals surface area contributed by atoms with Crippen molar-refractivity contribution in [1.29, 1.82) is 0 Å². The summed E-state index contributed by atoms with van der Waals surface area (Å²) in [6.07, 6.45) is 6.22. The molecule has 0 aromatic heterocycles. The van der Waals surface area contributed by atoms with Crippen LogP contribution in [0.4, 0.5) is 5.69 Å². The number of anilines is 1. The summed E-state index contributed by atoms with van der Waals surface area (Å²) in [6.45, 7) is 13.1. The molecule has 0 spiro atoms. The number of carbonyl (C=O) groups is 1. The first-order valence-electron chi connectivity index (χ1n) is 9.85. The fourth-order valence-electron chi connectivity index (χ4n) is 2.97. The van der Waals surface area contributed by atoms with Crippen molar-refractivity contribution in [3.8, 4) is 0 Å². The number of allylic oxidation sites excluding steroid dienone is 4. The quantitative estimate of drug-likeness (QED) is 0.440. The third-order valence-electron chi connectivity index (χ3n) is 4.71. The number of amides is 1. The molecule has 0 aliphatic heterocycles. The Morgan fingerprint density at radius 1 is 1.13 bits per heavy atom. The molecule has 4 nitrogen and oxygen atoms in total. The van der Waals surface area contributed by atoms with Gasteiger partial charge in [0.25, 0.3) is 0 Å². The smallest absolute Gasteiger partial charge is 0.221 e. The Hall–Kier alpha value is -2.76. The van der Waals surface area contributed by atoms with Gasteiger partial charge in [0.2, 0.25) is 5.91 Å². The molecular formula is C25H30N2O2S. The number of hydrogen-bond donors (Lipinski definition) is 2. The maximum Gasteiger partial charge on any atom is 0.221 e. The van der Waals surface area contributed by atoms with Crippen molar-refractivity contribution in [3.05, 3.63) is 94.7 Å². The standard InChI is InChI=1S/C25H30N2O2S/c1-7-21(15-23(8-2)26-20(6)28)14-22-12-11-18(4)24(16-22)27-30(29)25-13-17(3)9-10-19(25)5/h7-13,15-16,27H,2,14H2,1,3-6H3,(H,26,28)/b21-7-,23-15+. The summed E-state index contributed by atoms with van der Waals surface area (Å²) < 4.78 is 16.1. The number of carbonyl (C=O) groups excluding carboxylic acids is 1. The average molecular weight is 423 g/mol. The van der Waals surface area contributed by atoms with Gasteiger partial charge in [-0.05, 0) is 80.7 Å². The van der Waals surface area contributed by atoms with Gasteiger partial charge < -0.3 is 9.87 Å². The number of rotatable bonds is 8. The van der Waals surface area contributed by atoms with E-state index in [9.17, 15) is 9.35 Å². The molecule has 1 amide bonds. The van der Waals surface area contributed by atoms with Crippen LogP contribution >= 0.6 is 0 Å². The summed E-state index contributed by atoms with van der Waals surface area (Å²) in [7, 11) is 0. The van der Waals surface area contributed by atoms with Crippen LogP contribution in [0.2, 0.25) is 0 Å².